The van der Waals surface area contributed by atoms with E-state index in [1.807, 2.05) is 0 Å². The summed E-state index contributed by atoms with van der Waals surface area (Å²) in [6.07, 6.45) is 1.82. The zero-order valence-corrected chi connectivity index (χ0v) is 14.2. The first-order valence-electron chi connectivity index (χ1n) is 7.78. The number of carbonyl (C=O) groups excluding carboxylic acids is 3. The topological polar surface area (TPSA) is 176 Å². The number of primary amides is 1. The Morgan fingerprint density at radius 2 is 1.70 bits per heavy atom. The molecule has 10 heteroatoms. The molecule has 0 saturated heterocycles. The average Bonchev–Trinajstić information content (AvgIpc) is 2.61. The van der Waals surface area contributed by atoms with Crippen LogP contribution >= 0.6 is 0 Å². The highest BCUT2D eigenvalue weighted by Crippen LogP contribution is 2.06. The molecule has 0 aromatic heterocycles. The van der Waals surface area contributed by atoms with Crippen LogP contribution in [0.3, 0.4) is 0 Å². The molecule has 0 bridgehead atoms. The molecular weight excluding hydrogens is 358 g/mol. The molecule has 144 valence electrons. The third-order valence-corrected chi connectivity index (χ3v) is 3.33. The number of benzene rings is 1. The van der Waals surface area contributed by atoms with Gasteiger partial charge in [0.15, 0.2) is 0 Å². The van der Waals surface area contributed by atoms with Crippen molar-refractivity contribution < 1.29 is 34.2 Å². The number of carboxylic acid groups (broad SMARTS) is 2. The van der Waals surface area contributed by atoms with Gasteiger partial charge >= 0.3 is 11.9 Å². The Balaban J connectivity index is 2.54. The van der Waals surface area contributed by atoms with Crippen LogP contribution < -0.4 is 16.4 Å². The van der Waals surface area contributed by atoms with E-state index in [1.54, 1.807) is 0 Å². The molecule has 0 aliphatic heterocycles. The van der Waals surface area contributed by atoms with E-state index in [4.69, 9.17) is 15.9 Å². The summed E-state index contributed by atoms with van der Waals surface area (Å²) >= 11 is 0. The van der Waals surface area contributed by atoms with E-state index in [2.05, 4.69) is 10.6 Å². The number of hydrogen-bond acceptors (Lipinski definition) is 5. The van der Waals surface area contributed by atoms with E-state index in [1.165, 1.54) is 30.3 Å². The summed E-state index contributed by atoms with van der Waals surface area (Å²) in [5.41, 5.74) is 5.92. The SMILES string of the molecule is NC(=O)[C@H](CCC(=O)O)NC(=O)CNC(=O)c1ccc(C=CC(=O)O)cc1. The first-order chi connectivity index (χ1) is 12.7. The fraction of sp³-hybridized carbons (Fsp3) is 0.235. The second-order valence-corrected chi connectivity index (χ2v) is 5.43. The van der Waals surface area contributed by atoms with Gasteiger partial charge in [-0.2, -0.15) is 0 Å². The molecule has 0 aliphatic carbocycles. The molecule has 0 saturated carbocycles. The summed E-state index contributed by atoms with van der Waals surface area (Å²) in [5, 5.41) is 21.8. The predicted octanol–water partition coefficient (Wildman–Crippen LogP) is -0.651. The highest BCUT2D eigenvalue weighted by molar-refractivity contribution is 5.97. The Morgan fingerprint density at radius 1 is 1.07 bits per heavy atom. The number of carboxylic acids is 2. The lowest BCUT2D eigenvalue weighted by Crippen LogP contribution is -2.48. The Labute approximate surface area is 154 Å². The molecule has 0 unspecified atom stereocenters. The van der Waals surface area contributed by atoms with Gasteiger partial charge in [-0.1, -0.05) is 12.1 Å². The first kappa shape index (κ1) is 21.4. The van der Waals surface area contributed by atoms with Crippen molar-refractivity contribution in [3.05, 3.63) is 41.5 Å². The van der Waals surface area contributed by atoms with Crippen LogP contribution in [0.4, 0.5) is 0 Å². The highest BCUT2D eigenvalue weighted by Gasteiger charge is 2.19. The summed E-state index contributed by atoms with van der Waals surface area (Å²) in [4.78, 5) is 56.0. The van der Waals surface area contributed by atoms with Gasteiger partial charge in [0.25, 0.3) is 5.91 Å². The Morgan fingerprint density at radius 3 is 2.22 bits per heavy atom. The molecule has 0 fully saturated rings. The lowest BCUT2D eigenvalue weighted by Gasteiger charge is -2.14. The predicted molar refractivity (Wildman–Crippen MR) is 93.4 cm³/mol. The van der Waals surface area contributed by atoms with Crippen molar-refractivity contribution in [2.75, 3.05) is 6.54 Å². The smallest absolute Gasteiger partial charge is 0.328 e. The highest BCUT2D eigenvalue weighted by atomic mass is 16.4. The number of rotatable bonds is 10. The molecule has 6 N–H and O–H groups in total. The zero-order valence-electron chi connectivity index (χ0n) is 14.2. The van der Waals surface area contributed by atoms with E-state index in [9.17, 15) is 24.0 Å². The number of carbonyl (C=O) groups is 5. The maximum absolute atomic E-state index is 12.0. The molecule has 0 aliphatic rings. The van der Waals surface area contributed by atoms with Crippen molar-refractivity contribution >= 4 is 35.7 Å². The molecule has 10 nitrogen and oxygen atoms in total. The number of hydrogen-bond donors (Lipinski definition) is 5. The molecule has 1 atom stereocenters. The normalized spacial score (nSPS) is 11.6. The van der Waals surface area contributed by atoms with Crippen LogP contribution in [0.2, 0.25) is 0 Å². The summed E-state index contributed by atoms with van der Waals surface area (Å²) < 4.78 is 0. The lowest BCUT2D eigenvalue weighted by molar-refractivity contribution is -0.137. The fourth-order valence-corrected chi connectivity index (χ4v) is 1.97. The maximum atomic E-state index is 12.0. The van der Waals surface area contributed by atoms with Gasteiger partial charge in [-0.3, -0.25) is 19.2 Å². The van der Waals surface area contributed by atoms with Crippen molar-refractivity contribution in [1.29, 1.82) is 0 Å². The van der Waals surface area contributed by atoms with Gasteiger partial charge in [0.1, 0.15) is 6.04 Å². The van der Waals surface area contributed by atoms with Gasteiger partial charge in [0.05, 0.1) is 6.54 Å². The third kappa shape index (κ3) is 8.29. The van der Waals surface area contributed by atoms with Gasteiger partial charge in [0, 0.05) is 18.1 Å². The van der Waals surface area contributed by atoms with Crippen LogP contribution in [0.5, 0.6) is 0 Å². The molecule has 1 aromatic rings. The third-order valence-electron chi connectivity index (χ3n) is 3.33. The summed E-state index contributed by atoms with van der Waals surface area (Å²) in [6.45, 7) is -0.434. The van der Waals surface area contributed by atoms with E-state index < -0.39 is 42.2 Å². The molecular formula is C17H19N3O7. The van der Waals surface area contributed by atoms with Gasteiger partial charge in [-0.05, 0) is 30.2 Å². The van der Waals surface area contributed by atoms with E-state index >= 15 is 0 Å². The summed E-state index contributed by atoms with van der Waals surface area (Å²) in [7, 11) is 0. The molecule has 0 radical (unpaired) electrons. The first-order valence-corrected chi connectivity index (χ1v) is 7.78. The number of aliphatic carboxylic acids is 2. The molecule has 0 spiro atoms. The van der Waals surface area contributed by atoms with Crippen molar-refractivity contribution in [1.82, 2.24) is 10.6 Å². The quantitative estimate of drug-likeness (QED) is 0.336. The van der Waals surface area contributed by atoms with Crippen LogP contribution in [0.25, 0.3) is 6.08 Å². The second kappa shape index (κ2) is 10.3. The zero-order chi connectivity index (χ0) is 20.4. The Hall–Kier alpha value is -3.69. The molecule has 0 heterocycles. The number of amides is 3. The monoisotopic (exact) mass is 377 g/mol. The van der Waals surface area contributed by atoms with E-state index in [0.29, 0.717) is 5.56 Å². The summed E-state index contributed by atoms with van der Waals surface area (Å²) in [6, 6.07) is 4.82. The Kier molecular flexibility index (Phi) is 8.17. The molecule has 1 rings (SSSR count). The number of nitrogens with one attached hydrogen (secondary N) is 2. The van der Waals surface area contributed by atoms with Crippen LogP contribution in [-0.2, 0) is 19.2 Å². The van der Waals surface area contributed by atoms with Crippen molar-refractivity contribution in [2.45, 2.75) is 18.9 Å². The van der Waals surface area contributed by atoms with Crippen molar-refractivity contribution in [3.8, 4) is 0 Å². The minimum atomic E-state index is -1.15. The largest absolute Gasteiger partial charge is 0.481 e. The van der Waals surface area contributed by atoms with E-state index in [0.717, 1.165) is 6.08 Å². The van der Waals surface area contributed by atoms with E-state index in [-0.39, 0.29) is 18.4 Å². The molecule has 3 amide bonds. The van der Waals surface area contributed by atoms with Gasteiger partial charge < -0.3 is 26.6 Å². The fourth-order valence-electron chi connectivity index (χ4n) is 1.97. The van der Waals surface area contributed by atoms with Crippen molar-refractivity contribution in [2.24, 2.45) is 5.73 Å². The summed E-state index contributed by atoms with van der Waals surface area (Å²) in [5.74, 6) is -4.36. The minimum Gasteiger partial charge on any atom is -0.481 e. The number of nitrogens with two attached hydrogens (primary N) is 1. The Bertz CT molecular complexity index is 756. The van der Waals surface area contributed by atoms with Crippen LogP contribution in [0, 0.1) is 0 Å². The maximum Gasteiger partial charge on any atom is 0.328 e. The van der Waals surface area contributed by atoms with Crippen LogP contribution in [-0.4, -0.2) is 52.5 Å². The van der Waals surface area contributed by atoms with Gasteiger partial charge in [0.2, 0.25) is 11.8 Å². The van der Waals surface area contributed by atoms with Crippen LogP contribution in [0.1, 0.15) is 28.8 Å². The lowest BCUT2D eigenvalue weighted by atomic mass is 10.1. The van der Waals surface area contributed by atoms with Gasteiger partial charge in [-0.15, -0.1) is 0 Å². The van der Waals surface area contributed by atoms with Gasteiger partial charge in [-0.25, -0.2) is 4.79 Å². The average molecular weight is 377 g/mol. The second-order valence-electron chi connectivity index (χ2n) is 5.43. The molecule has 27 heavy (non-hydrogen) atoms. The minimum absolute atomic E-state index is 0.157. The molecule has 1 aromatic carbocycles. The standard InChI is InChI=1S/C17H19N3O7/c18-16(26)12(6-8-15(24)25)20-13(21)9-19-17(27)11-4-1-10(2-5-11)3-7-14(22)23/h1-5,7,12H,6,8-9H2,(H2,18,26)(H,19,27)(H,20,21)(H,22,23)(H,24,25)/t12-/m0/s1. The van der Waals surface area contributed by atoms with Crippen LogP contribution in [0.15, 0.2) is 30.3 Å². The van der Waals surface area contributed by atoms with Crippen molar-refractivity contribution in [3.63, 3.8) is 0 Å².